The normalized spacial score (nSPS) is 19.3. The van der Waals surface area contributed by atoms with Crippen LogP contribution < -0.4 is 5.32 Å². The Morgan fingerprint density at radius 2 is 1.76 bits per heavy atom. The monoisotopic (exact) mass is 345 g/mol. The molecular weight excluding hydrogens is 336 g/mol. The lowest BCUT2D eigenvalue weighted by Crippen LogP contribution is -2.13. The number of rotatable bonds is 2. The van der Waals surface area contributed by atoms with E-state index in [1.807, 2.05) is 0 Å². The van der Waals surface area contributed by atoms with Gasteiger partial charge in [-0.2, -0.15) is 0 Å². The van der Waals surface area contributed by atoms with Gasteiger partial charge in [0.15, 0.2) is 15.7 Å². The minimum absolute atomic E-state index is 0.0566. The van der Waals surface area contributed by atoms with Gasteiger partial charge in [-0.3, -0.25) is 0 Å². The summed E-state index contributed by atoms with van der Waals surface area (Å²) < 4.78 is 37.6. The molecule has 1 unspecified atom stereocenters. The summed E-state index contributed by atoms with van der Waals surface area (Å²) in [6.45, 7) is 0. The number of fused-ring (bicyclic) bond motifs is 1. The fraction of sp³-hybridized carbons (Fsp3) is 0.143. The first kappa shape index (κ1) is 14.6. The fourth-order valence-electron chi connectivity index (χ4n) is 2.41. The Balaban J connectivity index is 1.98. The van der Waals surface area contributed by atoms with Gasteiger partial charge >= 0.3 is 0 Å². The third-order valence-corrected chi connectivity index (χ3v) is 5.70. The minimum Gasteiger partial charge on any atom is -0.377 e. The number of sulfone groups is 1. The number of hydrogen-bond acceptors (Lipinski definition) is 3. The Labute approximate surface area is 131 Å². The van der Waals surface area contributed by atoms with Crippen molar-refractivity contribution in [3.63, 3.8) is 0 Å². The smallest absolute Gasteiger partial charge is 0.181 e. The molecule has 2 aromatic carbocycles. The maximum atomic E-state index is 13.4. The highest BCUT2D eigenvalue weighted by atomic mass is 35.5. The fourth-order valence-corrected chi connectivity index (χ4v) is 4.63. The van der Waals surface area contributed by atoms with E-state index >= 15 is 0 Å². The Hall–Kier alpha value is -1.30. The second-order valence-corrected chi connectivity index (χ2v) is 7.59. The summed E-state index contributed by atoms with van der Waals surface area (Å²) in [6.07, 6.45) is 0. The summed E-state index contributed by atoms with van der Waals surface area (Å²) in [5.74, 6) is -0.748. The van der Waals surface area contributed by atoms with E-state index in [0.29, 0.717) is 16.1 Å². The Morgan fingerprint density at radius 3 is 2.43 bits per heavy atom. The molecular formula is C14H10Cl2FNO2S. The van der Waals surface area contributed by atoms with Crippen molar-refractivity contribution in [3.05, 3.63) is 57.8 Å². The minimum atomic E-state index is -3.31. The largest absolute Gasteiger partial charge is 0.377 e. The first-order valence-corrected chi connectivity index (χ1v) is 8.52. The van der Waals surface area contributed by atoms with Crippen LogP contribution in [0.25, 0.3) is 0 Å². The molecule has 0 aliphatic carbocycles. The lowest BCUT2D eigenvalue weighted by atomic mass is 10.1. The Kier molecular flexibility index (Phi) is 3.59. The molecule has 0 spiro atoms. The van der Waals surface area contributed by atoms with E-state index in [0.717, 1.165) is 0 Å². The molecule has 0 amide bonds. The van der Waals surface area contributed by atoms with Crippen LogP contribution in [0.2, 0.25) is 10.0 Å². The predicted molar refractivity (Wildman–Crippen MR) is 81.3 cm³/mol. The molecule has 3 rings (SSSR count). The molecule has 1 aliphatic heterocycles. The van der Waals surface area contributed by atoms with Crippen LogP contribution >= 0.6 is 23.2 Å². The third-order valence-electron chi connectivity index (χ3n) is 3.34. The van der Waals surface area contributed by atoms with Crippen LogP contribution in [0.15, 0.2) is 41.3 Å². The van der Waals surface area contributed by atoms with Crippen LogP contribution in [-0.2, 0) is 9.84 Å². The maximum Gasteiger partial charge on any atom is 0.181 e. The lowest BCUT2D eigenvalue weighted by Gasteiger charge is -2.15. The number of hydrogen-bond donors (Lipinski definition) is 1. The van der Waals surface area contributed by atoms with Gasteiger partial charge in [0.25, 0.3) is 0 Å². The maximum absolute atomic E-state index is 13.4. The molecule has 1 heterocycles. The van der Waals surface area contributed by atoms with E-state index in [9.17, 15) is 12.8 Å². The Morgan fingerprint density at radius 1 is 1.14 bits per heavy atom. The quantitative estimate of drug-likeness (QED) is 0.834. The number of halogens is 3. The summed E-state index contributed by atoms with van der Waals surface area (Å²) in [6, 6.07) is 9.15. The van der Waals surface area contributed by atoms with Gasteiger partial charge in [-0.15, -0.1) is 0 Å². The van der Waals surface area contributed by atoms with Crippen molar-refractivity contribution >= 4 is 38.7 Å². The highest BCUT2D eigenvalue weighted by molar-refractivity contribution is 7.91. The molecule has 110 valence electrons. The summed E-state index contributed by atoms with van der Waals surface area (Å²) in [4.78, 5) is 0.321. The number of nitrogens with one attached hydrogen (secondary N) is 1. The van der Waals surface area contributed by atoms with Gasteiger partial charge in [0, 0.05) is 5.69 Å². The Bertz CT molecular complexity index is 800. The third kappa shape index (κ3) is 2.61. The van der Waals surface area contributed by atoms with Crippen LogP contribution in [0.1, 0.15) is 11.6 Å². The first-order chi connectivity index (χ1) is 9.88. The molecule has 0 saturated heterocycles. The zero-order valence-electron chi connectivity index (χ0n) is 10.6. The van der Waals surface area contributed by atoms with Gasteiger partial charge in [-0.1, -0.05) is 41.4 Å². The van der Waals surface area contributed by atoms with Crippen molar-refractivity contribution in [2.75, 3.05) is 11.1 Å². The average Bonchev–Trinajstić information content (AvgIpc) is 2.68. The van der Waals surface area contributed by atoms with Crippen molar-refractivity contribution in [3.8, 4) is 0 Å². The standard InChI is InChI=1S/C14H10Cl2FNO2S/c15-10-5-8(6-11(16)14(10)17)18-12-7-21(19,20)13-4-2-1-3-9(12)13/h1-6,12,18H,7H2. The van der Waals surface area contributed by atoms with E-state index in [2.05, 4.69) is 5.32 Å². The first-order valence-electron chi connectivity index (χ1n) is 6.11. The zero-order valence-corrected chi connectivity index (χ0v) is 12.9. The highest BCUT2D eigenvalue weighted by Crippen LogP contribution is 2.36. The van der Waals surface area contributed by atoms with Gasteiger partial charge in [-0.25, -0.2) is 12.8 Å². The van der Waals surface area contributed by atoms with Crippen LogP contribution in [0.3, 0.4) is 0 Å². The SMILES string of the molecule is O=S1(=O)CC(Nc2cc(Cl)c(F)c(Cl)c2)c2ccccc21. The predicted octanol–water partition coefficient (Wildman–Crippen LogP) is 4.07. The zero-order chi connectivity index (χ0) is 15.2. The van der Waals surface area contributed by atoms with Gasteiger partial charge in [0.2, 0.25) is 0 Å². The van der Waals surface area contributed by atoms with E-state index in [1.54, 1.807) is 24.3 Å². The molecule has 0 fully saturated rings. The summed E-state index contributed by atoms with van der Waals surface area (Å²) in [5.41, 5.74) is 1.16. The topological polar surface area (TPSA) is 46.2 Å². The van der Waals surface area contributed by atoms with E-state index in [4.69, 9.17) is 23.2 Å². The van der Waals surface area contributed by atoms with Crippen LogP contribution in [0, 0.1) is 5.82 Å². The van der Waals surface area contributed by atoms with Crippen molar-refractivity contribution < 1.29 is 12.8 Å². The van der Waals surface area contributed by atoms with Gasteiger partial charge in [0.05, 0.1) is 26.7 Å². The summed E-state index contributed by atoms with van der Waals surface area (Å²) >= 11 is 11.5. The van der Waals surface area contributed by atoms with Crippen molar-refractivity contribution in [2.45, 2.75) is 10.9 Å². The lowest BCUT2D eigenvalue weighted by molar-refractivity contribution is 0.598. The highest BCUT2D eigenvalue weighted by Gasteiger charge is 2.34. The van der Waals surface area contributed by atoms with Crippen molar-refractivity contribution in [1.29, 1.82) is 0 Å². The molecule has 3 nitrogen and oxygen atoms in total. The molecule has 0 saturated carbocycles. The summed E-state index contributed by atoms with van der Waals surface area (Å²) in [5, 5.41) is 2.82. The second-order valence-electron chi connectivity index (χ2n) is 4.77. The molecule has 2 aromatic rings. The van der Waals surface area contributed by atoms with Gasteiger partial charge in [-0.05, 0) is 23.8 Å². The van der Waals surface area contributed by atoms with E-state index in [-0.39, 0.29) is 15.8 Å². The average molecular weight is 346 g/mol. The van der Waals surface area contributed by atoms with Crippen LogP contribution in [-0.4, -0.2) is 14.2 Å². The summed E-state index contributed by atoms with van der Waals surface area (Å²) in [7, 11) is -3.31. The van der Waals surface area contributed by atoms with Crippen molar-refractivity contribution in [2.24, 2.45) is 0 Å². The molecule has 1 N–H and O–H groups in total. The van der Waals surface area contributed by atoms with E-state index < -0.39 is 21.7 Å². The van der Waals surface area contributed by atoms with Gasteiger partial charge < -0.3 is 5.32 Å². The molecule has 1 aliphatic rings. The van der Waals surface area contributed by atoms with Crippen LogP contribution in [0.4, 0.5) is 10.1 Å². The second kappa shape index (κ2) is 5.16. The van der Waals surface area contributed by atoms with Gasteiger partial charge in [0.1, 0.15) is 0 Å². The molecule has 0 aromatic heterocycles. The van der Waals surface area contributed by atoms with Crippen molar-refractivity contribution in [1.82, 2.24) is 0 Å². The molecule has 21 heavy (non-hydrogen) atoms. The molecule has 7 heteroatoms. The molecule has 0 radical (unpaired) electrons. The number of benzene rings is 2. The molecule has 0 bridgehead atoms. The molecule has 1 atom stereocenters. The van der Waals surface area contributed by atoms with Crippen LogP contribution in [0.5, 0.6) is 0 Å². The number of anilines is 1. The van der Waals surface area contributed by atoms with E-state index in [1.165, 1.54) is 12.1 Å².